The molecule has 2 aromatic heterocycles. The standard InChI is InChI=1S/C17H14FN3OS/c18-13-1-3-14(4-2-13)20-16(22)6-5-15-11-23-17(21-15)12-7-9-19-10-8-12/h1-4,7-11H,5-6H2,(H,20,22). The first-order valence-corrected chi connectivity index (χ1v) is 7.99. The molecule has 0 bridgehead atoms. The van der Waals surface area contributed by atoms with E-state index in [1.165, 1.54) is 24.3 Å². The van der Waals surface area contributed by atoms with E-state index in [4.69, 9.17) is 0 Å². The first-order valence-electron chi connectivity index (χ1n) is 7.11. The number of amides is 1. The lowest BCUT2D eigenvalue weighted by atomic mass is 10.2. The van der Waals surface area contributed by atoms with Gasteiger partial charge in [0.2, 0.25) is 5.91 Å². The Morgan fingerprint density at radius 2 is 1.87 bits per heavy atom. The molecule has 0 saturated heterocycles. The van der Waals surface area contributed by atoms with Crippen LogP contribution in [0.4, 0.5) is 10.1 Å². The van der Waals surface area contributed by atoms with Crippen LogP contribution in [0.1, 0.15) is 12.1 Å². The average molecular weight is 327 g/mol. The van der Waals surface area contributed by atoms with E-state index < -0.39 is 0 Å². The second kappa shape index (κ2) is 7.11. The summed E-state index contributed by atoms with van der Waals surface area (Å²) < 4.78 is 12.8. The van der Waals surface area contributed by atoms with Gasteiger partial charge in [0, 0.05) is 35.4 Å². The van der Waals surface area contributed by atoms with E-state index in [2.05, 4.69) is 15.3 Å². The molecule has 0 spiro atoms. The minimum absolute atomic E-state index is 0.116. The van der Waals surface area contributed by atoms with Gasteiger partial charge in [-0.2, -0.15) is 0 Å². The molecule has 3 aromatic rings. The lowest BCUT2D eigenvalue weighted by Crippen LogP contribution is -2.12. The lowest BCUT2D eigenvalue weighted by molar-refractivity contribution is -0.116. The van der Waals surface area contributed by atoms with Crippen molar-refractivity contribution in [2.24, 2.45) is 0 Å². The number of carbonyl (C=O) groups is 1. The van der Waals surface area contributed by atoms with Gasteiger partial charge in [0.25, 0.3) is 0 Å². The highest BCUT2D eigenvalue weighted by atomic mass is 32.1. The van der Waals surface area contributed by atoms with Crippen molar-refractivity contribution in [3.05, 3.63) is 65.7 Å². The van der Waals surface area contributed by atoms with E-state index in [-0.39, 0.29) is 11.7 Å². The number of carbonyl (C=O) groups excluding carboxylic acids is 1. The van der Waals surface area contributed by atoms with Crippen LogP contribution in [0.15, 0.2) is 54.2 Å². The molecule has 0 aliphatic rings. The fraction of sp³-hybridized carbons (Fsp3) is 0.118. The van der Waals surface area contributed by atoms with Gasteiger partial charge in [0.1, 0.15) is 10.8 Å². The van der Waals surface area contributed by atoms with Crippen molar-refractivity contribution in [3.63, 3.8) is 0 Å². The van der Waals surface area contributed by atoms with Gasteiger partial charge in [-0.3, -0.25) is 9.78 Å². The molecule has 4 nitrogen and oxygen atoms in total. The van der Waals surface area contributed by atoms with Gasteiger partial charge in [0.05, 0.1) is 5.69 Å². The van der Waals surface area contributed by atoms with Gasteiger partial charge in [-0.1, -0.05) is 0 Å². The highest BCUT2D eigenvalue weighted by Gasteiger charge is 2.08. The minimum Gasteiger partial charge on any atom is -0.326 e. The van der Waals surface area contributed by atoms with Gasteiger partial charge in [0.15, 0.2) is 0 Å². The van der Waals surface area contributed by atoms with Crippen molar-refractivity contribution in [1.29, 1.82) is 0 Å². The Labute approximate surface area is 137 Å². The number of nitrogens with zero attached hydrogens (tertiary/aromatic N) is 2. The molecule has 1 N–H and O–H groups in total. The number of thiazole rings is 1. The van der Waals surface area contributed by atoms with E-state index in [9.17, 15) is 9.18 Å². The number of halogens is 1. The van der Waals surface area contributed by atoms with Crippen LogP contribution < -0.4 is 5.32 Å². The molecule has 0 aliphatic heterocycles. The van der Waals surface area contributed by atoms with E-state index in [1.54, 1.807) is 23.7 Å². The fourth-order valence-electron chi connectivity index (χ4n) is 2.05. The number of hydrogen-bond acceptors (Lipinski definition) is 4. The van der Waals surface area contributed by atoms with Crippen LogP contribution in [0, 0.1) is 5.82 Å². The highest BCUT2D eigenvalue weighted by Crippen LogP contribution is 2.23. The molecule has 0 radical (unpaired) electrons. The van der Waals surface area contributed by atoms with Crippen LogP contribution in [0.2, 0.25) is 0 Å². The molecular weight excluding hydrogens is 313 g/mol. The van der Waals surface area contributed by atoms with E-state index in [0.717, 1.165) is 16.3 Å². The smallest absolute Gasteiger partial charge is 0.224 e. The molecule has 0 saturated carbocycles. The Morgan fingerprint density at radius 1 is 1.13 bits per heavy atom. The topological polar surface area (TPSA) is 54.9 Å². The first kappa shape index (κ1) is 15.3. The van der Waals surface area contributed by atoms with Crippen LogP contribution in [0.5, 0.6) is 0 Å². The van der Waals surface area contributed by atoms with Gasteiger partial charge < -0.3 is 5.32 Å². The molecular formula is C17H14FN3OS. The van der Waals surface area contributed by atoms with Crippen LogP contribution in [-0.4, -0.2) is 15.9 Å². The predicted molar refractivity (Wildman–Crippen MR) is 88.7 cm³/mol. The Morgan fingerprint density at radius 3 is 2.61 bits per heavy atom. The van der Waals surface area contributed by atoms with Gasteiger partial charge in [-0.05, 0) is 42.8 Å². The second-order valence-electron chi connectivity index (χ2n) is 4.93. The van der Waals surface area contributed by atoms with Crippen LogP contribution in [0.25, 0.3) is 10.6 Å². The van der Waals surface area contributed by atoms with Crippen LogP contribution >= 0.6 is 11.3 Å². The molecule has 1 amide bonds. The van der Waals surface area contributed by atoms with E-state index >= 15 is 0 Å². The molecule has 23 heavy (non-hydrogen) atoms. The average Bonchev–Trinajstić information content (AvgIpc) is 3.05. The zero-order valence-electron chi connectivity index (χ0n) is 12.2. The quantitative estimate of drug-likeness (QED) is 0.773. The first-order chi connectivity index (χ1) is 11.2. The van der Waals surface area contributed by atoms with E-state index in [1.807, 2.05) is 17.5 Å². The Balaban J connectivity index is 1.55. The SMILES string of the molecule is O=C(CCc1csc(-c2ccncc2)n1)Nc1ccc(F)cc1. The van der Waals surface area contributed by atoms with Crippen LogP contribution in [0.3, 0.4) is 0 Å². The Hall–Kier alpha value is -2.60. The molecule has 0 unspecified atom stereocenters. The molecule has 0 fully saturated rings. The maximum absolute atomic E-state index is 12.8. The number of anilines is 1. The molecule has 0 atom stereocenters. The number of aryl methyl sites for hydroxylation is 1. The summed E-state index contributed by atoms with van der Waals surface area (Å²) in [5.41, 5.74) is 2.50. The second-order valence-corrected chi connectivity index (χ2v) is 5.79. The van der Waals surface area contributed by atoms with Gasteiger partial charge >= 0.3 is 0 Å². The number of nitrogens with one attached hydrogen (secondary N) is 1. The van der Waals surface area contributed by atoms with Crippen molar-refractivity contribution < 1.29 is 9.18 Å². The maximum atomic E-state index is 12.8. The van der Waals surface area contributed by atoms with Crippen molar-refractivity contribution in [2.45, 2.75) is 12.8 Å². The summed E-state index contributed by atoms with van der Waals surface area (Å²) in [6.07, 6.45) is 4.35. The highest BCUT2D eigenvalue weighted by molar-refractivity contribution is 7.13. The monoisotopic (exact) mass is 327 g/mol. The summed E-state index contributed by atoms with van der Waals surface area (Å²) in [6.45, 7) is 0. The Kier molecular flexibility index (Phi) is 4.73. The predicted octanol–water partition coefficient (Wildman–Crippen LogP) is 3.92. The zero-order valence-corrected chi connectivity index (χ0v) is 13.0. The van der Waals surface area contributed by atoms with Crippen molar-refractivity contribution in [1.82, 2.24) is 9.97 Å². The third-order valence-corrected chi connectivity index (χ3v) is 4.16. The summed E-state index contributed by atoms with van der Waals surface area (Å²) in [5, 5.41) is 5.62. The maximum Gasteiger partial charge on any atom is 0.224 e. The number of aromatic nitrogens is 2. The number of benzene rings is 1. The summed E-state index contributed by atoms with van der Waals surface area (Å²) in [4.78, 5) is 20.4. The van der Waals surface area contributed by atoms with Crippen molar-refractivity contribution >= 4 is 22.9 Å². The number of rotatable bonds is 5. The van der Waals surface area contributed by atoms with Crippen molar-refractivity contribution in [2.75, 3.05) is 5.32 Å². The summed E-state index contributed by atoms with van der Waals surface area (Å²) in [5.74, 6) is -0.441. The molecule has 2 heterocycles. The molecule has 0 aliphatic carbocycles. The summed E-state index contributed by atoms with van der Waals surface area (Å²) in [7, 11) is 0. The largest absolute Gasteiger partial charge is 0.326 e. The molecule has 6 heteroatoms. The third-order valence-electron chi connectivity index (χ3n) is 3.22. The molecule has 1 aromatic carbocycles. The Bertz CT molecular complexity index is 787. The van der Waals surface area contributed by atoms with Gasteiger partial charge in [-0.15, -0.1) is 11.3 Å². The molecule has 116 valence electrons. The summed E-state index contributed by atoms with van der Waals surface area (Å²) in [6, 6.07) is 9.52. The van der Waals surface area contributed by atoms with E-state index in [0.29, 0.717) is 18.5 Å². The van der Waals surface area contributed by atoms with Gasteiger partial charge in [-0.25, -0.2) is 9.37 Å². The minimum atomic E-state index is -0.325. The molecule has 3 rings (SSSR count). The third kappa shape index (κ3) is 4.20. The number of pyridine rings is 1. The van der Waals surface area contributed by atoms with Crippen molar-refractivity contribution in [3.8, 4) is 10.6 Å². The normalized spacial score (nSPS) is 10.5. The fourth-order valence-corrected chi connectivity index (χ4v) is 2.91. The lowest BCUT2D eigenvalue weighted by Gasteiger charge is -2.04. The van der Waals surface area contributed by atoms with Crippen LogP contribution in [-0.2, 0) is 11.2 Å². The summed E-state index contributed by atoms with van der Waals surface area (Å²) >= 11 is 1.55. The zero-order chi connectivity index (χ0) is 16.1. The number of hydrogen-bond donors (Lipinski definition) is 1.